The minimum absolute atomic E-state index is 0.112. The summed E-state index contributed by atoms with van der Waals surface area (Å²) >= 11 is 0. The van der Waals surface area contributed by atoms with E-state index in [-0.39, 0.29) is 23.5 Å². The lowest BCUT2D eigenvalue weighted by atomic mass is 10.0. The van der Waals surface area contributed by atoms with Gasteiger partial charge in [-0.1, -0.05) is 36.4 Å². The number of nitrogens with zero attached hydrogens (tertiary/aromatic N) is 1. The van der Waals surface area contributed by atoms with Crippen LogP contribution in [0.1, 0.15) is 28.9 Å². The Morgan fingerprint density at radius 3 is 2.48 bits per heavy atom. The summed E-state index contributed by atoms with van der Waals surface area (Å²) < 4.78 is 46.6. The number of nitrogens with one attached hydrogen (secondary N) is 1. The number of sulfonamides is 1. The van der Waals surface area contributed by atoms with Crippen molar-refractivity contribution in [3.05, 3.63) is 77.6 Å². The van der Waals surface area contributed by atoms with E-state index in [1.165, 1.54) is 10.4 Å². The maximum Gasteiger partial charge on any atom is 0.254 e. The first-order valence-electron chi connectivity index (χ1n) is 10.0. The average Bonchev–Trinajstić information content (AvgIpc) is 2.79. The highest BCUT2D eigenvalue weighted by atomic mass is 32.2. The van der Waals surface area contributed by atoms with E-state index < -0.39 is 27.8 Å². The molecule has 1 aliphatic rings. The number of amides is 1. The van der Waals surface area contributed by atoms with E-state index in [9.17, 15) is 17.6 Å². The van der Waals surface area contributed by atoms with Crippen molar-refractivity contribution >= 4 is 26.7 Å². The van der Waals surface area contributed by atoms with Gasteiger partial charge in [-0.25, -0.2) is 12.8 Å². The van der Waals surface area contributed by atoms with Crippen molar-refractivity contribution in [3.63, 3.8) is 0 Å². The molecule has 1 N–H and O–H groups in total. The number of carbonyl (C=O) groups is 1. The predicted octanol–water partition coefficient (Wildman–Crippen LogP) is 3.49. The Hall–Kier alpha value is -2.81. The minimum atomic E-state index is -3.83. The fraction of sp³-hybridized carbons (Fsp3) is 0.261. The van der Waals surface area contributed by atoms with E-state index in [0.29, 0.717) is 13.2 Å². The summed E-state index contributed by atoms with van der Waals surface area (Å²) in [7, 11) is -3.83. The highest BCUT2D eigenvalue weighted by molar-refractivity contribution is 7.89. The molecule has 0 radical (unpaired) electrons. The van der Waals surface area contributed by atoms with Gasteiger partial charge in [0.15, 0.2) is 0 Å². The van der Waals surface area contributed by atoms with Crippen LogP contribution in [0.5, 0.6) is 0 Å². The van der Waals surface area contributed by atoms with Crippen molar-refractivity contribution in [1.29, 1.82) is 0 Å². The molecule has 1 amide bonds. The van der Waals surface area contributed by atoms with Crippen LogP contribution in [0.25, 0.3) is 10.8 Å². The topological polar surface area (TPSA) is 75.7 Å². The maximum absolute atomic E-state index is 14.4. The van der Waals surface area contributed by atoms with Gasteiger partial charge in [-0.05, 0) is 47.5 Å². The van der Waals surface area contributed by atoms with Crippen molar-refractivity contribution in [1.82, 2.24) is 9.62 Å². The summed E-state index contributed by atoms with van der Waals surface area (Å²) in [6.07, 6.45) is 0. The minimum Gasteiger partial charge on any atom is -0.379 e. The second-order valence-electron chi connectivity index (χ2n) is 7.46. The van der Waals surface area contributed by atoms with Crippen LogP contribution in [0, 0.1) is 5.82 Å². The van der Waals surface area contributed by atoms with E-state index in [4.69, 9.17) is 4.74 Å². The summed E-state index contributed by atoms with van der Waals surface area (Å²) in [6, 6.07) is 16.6. The molecule has 8 heteroatoms. The van der Waals surface area contributed by atoms with Crippen molar-refractivity contribution in [2.45, 2.75) is 17.9 Å². The van der Waals surface area contributed by atoms with Gasteiger partial charge >= 0.3 is 0 Å². The molecule has 31 heavy (non-hydrogen) atoms. The molecule has 3 aromatic carbocycles. The molecule has 162 valence electrons. The third-order valence-electron chi connectivity index (χ3n) is 5.41. The standard InChI is InChI=1S/C23H23FN2O4S/c1-16(18-7-6-17-4-2-3-5-19(17)14-18)25-23(27)21-15-20(8-9-22(21)24)31(28,29)26-10-12-30-13-11-26/h2-9,14-16H,10-13H2,1H3,(H,25,27). The highest BCUT2D eigenvalue weighted by Crippen LogP contribution is 2.23. The number of rotatable bonds is 5. The number of hydrogen-bond acceptors (Lipinski definition) is 4. The van der Waals surface area contributed by atoms with Gasteiger partial charge in [0.2, 0.25) is 10.0 Å². The molecule has 1 fully saturated rings. The second-order valence-corrected chi connectivity index (χ2v) is 9.40. The molecule has 1 unspecified atom stereocenters. The van der Waals surface area contributed by atoms with Crippen molar-refractivity contribution in [2.75, 3.05) is 26.3 Å². The molecule has 0 spiro atoms. The summed E-state index contributed by atoms with van der Waals surface area (Å²) in [4.78, 5) is 12.7. The number of ether oxygens (including phenoxy) is 1. The zero-order valence-corrected chi connectivity index (χ0v) is 17.9. The Kier molecular flexibility index (Phi) is 6.04. The van der Waals surface area contributed by atoms with E-state index in [1.807, 2.05) is 42.5 Å². The number of morpholine rings is 1. The van der Waals surface area contributed by atoms with Crippen molar-refractivity contribution < 1.29 is 22.3 Å². The van der Waals surface area contributed by atoms with E-state index in [0.717, 1.165) is 28.5 Å². The van der Waals surface area contributed by atoms with Crippen LogP contribution < -0.4 is 5.32 Å². The first-order valence-corrected chi connectivity index (χ1v) is 11.5. The normalized spacial score (nSPS) is 16.2. The van der Waals surface area contributed by atoms with Gasteiger partial charge in [0.05, 0.1) is 29.7 Å². The first-order chi connectivity index (χ1) is 14.9. The van der Waals surface area contributed by atoms with Gasteiger partial charge in [-0.3, -0.25) is 4.79 Å². The van der Waals surface area contributed by atoms with Crippen molar-refractivity contribution in [3.8, 4) is 0 Å². The Bertz CT molecular complexity index is 1220. The summed E-state index contributed by atoms with van der Waals surface area (Å²) in [5, 5.41) is 4.88. The lowest BCUT2D eigenvalue weighted by Crippen LogP contribution is -2.40. The lowest BCUT2D eigenvalue weighted by Gasteiger charge is -2.26. The smallest absolute Gasteiger partial charge is 0.254 e. The molecule has 3 aromatic rings. The lowest BCUT2D eigenvalue weighted by molar-refractivity contribution is 0.0730. The molecule has 0 aromatic heterocycles. The molecule has 0 aliphatic carbocycles. The second kappa shape index (κ2) is 8.74. The quantitative estimate of drug-likeness (QED) is 0.656. The number of halogens is 1. The molecule has 1 aliphatic heterocycles. The van der Waals surface area contributed by atoms with Crippen molar-refractivity contribution in [2.24, 2.45) is 0 Å². The molecule has 0 saturated carbocycles. The van der Waals surface area contributed by atoms with Gasteiger partial charge in [0.25, 0.3) is 5.91 Å². The summed E-state index contributed by atoms with van der Waals surface area (Å²) in [5.41, 5.74) is 0.562. The number of fused-ring (bicyclic) bond motifs is 1. The summed E-state index contributed by atoms with van der Waals surface area (Å²) in [5.74, 6) is -1.44. The maximum atomic E-state index is 14.4. The van der Waals surface area contributed by atoms with Crippen LogP contribution in [-0.2, 0) is 14.8 Å². The largest absolute Gasteiger partial charge is 0.379 e. The van der Waals surface area contributed by atoms with E-state index in [2.05, 4.69) is 5.32 Å². The molecule has 6 nitrogen and oxygen atoms in total. The van der Waals surface area contributed by atoms with Crippen LogP contribution in [0.4, 0.5) is 4.39 Å². The SMILES string of the molecule is CC(NC(=O)c1cc(S(=O)(=O)N2CCOCC2)ccc1F)c1ccc2ccccc2c1. The van der Waals surface area contributed by atoms with Gasteiger partial charge in [0.1, 0.15) is 5.82 Å². The molecular formula is C23H23FN2O4S. The Labute approximate surface area is 180 Å². The third kappa shape index (κ3) is 4.46. The predicted molar refractivity (Wildman–Crippen MR) is 116 cm³/mol. The molecular weight excluding hydrogens is 419 g/mol. The molecule has 1 heterocycles. The number of benzene rings is 3. The Morgan fingerprint density at radius 1 is 1.03 bits per heavy atom. The zero-order chi connectivity index (χ0) is 22.0. The monoisotopic (exact) mass is 442 g/mol. The Balaban J connectivity index is 1.56. The van der Waals surface area contributed by atoms with Gasteiger partial charge < -0.3 is 10.1 Å². The van der Waals surface area contributed by atoms with Crippen LogP contribution in [0.15, 0.2) is 65.6 Å². The van der Waals surface area contributed by atoms with Crippen LogP contribution in [-0.4, -0.2) is 44.9 Å². The molecule has 4 rings (SSSR count). The van der Waals surface area contributed by atoms with Crippen LogP contribution >= 0.6 is 0 Å². The molecule has 1 saturated heterocycles. The molecule has 0 bridgehead atoms. The fourth-order valence-corrected chi connectivity index (χ4v) is 5.04. The number of hydrogen-bond donors (Lipinski definition) is 1. The van der Waals surface area contributed by atoms with Crippen LogP contribution in [0.3, 0.4) is 0 Å². The average molecular weight is 443 g/mol. The number of carbonyl (C=O) groups excluding carboxylic acids is 1. The van der Waals surface area contributed by atoms with Gasteiger partial charge in [-0.15, -0.1) is 0 Å². The molecule has 1 atom stereocenters. The summed E-state index contributed by atoms with van der Waals surface area (Å²) in [6.45, 7) is 2.85. The fourth-order valence-electron chi connectivity index (χ4n) is 3.61. The Morgan fingerprint density at radius 2 is 1.74 bits per heavy atom. The first kappa shape index (κ1) is 21.4. The van der Waals surface area contributed by atoms with Gasteiger partial charge in [0, 0.05) is 13.1 Å². The van der Waals surface area contributed by atoms with Gasteiger partial charge in [-0.2, -0.15) is 4.31 Å². The highest BCUT2D eigenvalue weighted by Gasteiger charge is 2.28. The third-order valence-corrected chi connectivity index (χ3v) is 7.31. The van der Waals surface area contributed by atoms with Crippen LogP contribution in [0.2, 0.25) is 0 Å². The zero-order valence-electron chi connectivity index (χ0n) is 17.0. The van der Waals surface area contributed by atoms with E-state index >= 15 is 0 Å². The van der Waals surface area contributed by atoms with E-state index in [1.54, 1.807) is 6.92 Å².